The van der Waals surface area contributed by atoms with E-state index in [4.69, 9.17) is 4.74 Å². The number of H-pyrrole nitrogens is 1. The van der Waals surface area contributed by atoms with Gasteiger partial charge in [0.15, 0.2) is 0 Å². The van der Waals surface area contributed by atoms with Gasteiger partial charge in [-0.25, -0.2) is 9.78 Å². The average Bonchev–Trinajstić information content (AvgIpc) is 3.07. The first-order valence-corrected chi connectivity index (χ1v) is 9.93. The van der Waals surface area contributed by atoms with Crippen LogP contribution in [0.1, 0.15) is 26.3 Å². The molecule has 1 aliphatic heterocycles. The molecule has 3 aromatic heterocycles. The minimum atomic E-state index is -0.470. The molecule has 0 atom stereocenters. The lowest BCUT2D eigenvalue weighted by Crippen LogP contribution is -2.50. The number of carbonyl (C=O) groups is 1. The fraction of sp³-hybridized carbons (Fsp3) is 0.409. The number of rotatable bonds is 2. The van der Waals surface area contributed by atoms with Crippen LogP contribution in [0.2, 0.25) is 0 Å². The van der Waals surface area contributed by atoms with E-state index in [1.165, 1.54) is 0 Å². The summed E-state index contributed by atoms with van der Waals surface area (Å²) in [7, 11) is 0. The van der Waals surface area contributed by atoms with Crippen molar-refractivity contribution in [2.75, 3.05) is 31.1 Å². The molecule has 7 heteroatoms. The number of amides is 1. The van der Waals surface area contributed by atoms with Crippen molar-refractivity contribution in [2.24, 2.45) is 0 Å². The largest absolute Gasteiger partial charge is 0.444 e. The van der Waals surface area contributed by atoms with E-state index in [1.807, 2.05) is 52.4 Å². The number of anilines is 1. The van der Waals surface area contributed by atoms with Gasteiger partial charge in [-0.05, 0) is 51.5 Å². The number of hydrogen-bond acceptors (Lipinski definition) is 5. The van der Waals surface area contributed by atoms with E-state index in [2.05, 4.69) is 32.0 Å². The highest BCUT2D eigenvalue weighted by molar-refractivity contribution is 5.83. The fourth-order valence-corrected chi connectivity index (χ4v) is 3.49. The lowest BCUT2D eigenvalue weighted by Gasteiger charge is -2.36. The van der Waals surface area contributed by atoms with E-state index in [0.29, 0.717) is 13.1 Å². The molecule has 7 nitrogen and oxygen atoms in total. The van der Waals surface area contributed by atoms with E-state index < -0.39 is 5.60 Å². The SMILES string of the molecule is Cc1c[nH]c2cc(-c3ccc(N4CCN(C(=O)OC(C)(C)C)CC4)nc3)cnc12. The number of carbonyl (C=O) groups excluding carboxylic acids is 1. The van der Waals surface area contributed by atoms with Crippen LogP contribution >= 0.6 is 0 Å². The van der Waals surface area contributed by atoms with E-state index in [9.17, 15) is 4.79 Å². The van der Waals surface area contributed by atoms with Crippen LogP contribution in [-0.4, -0.2) is 57.7 Å². The molecule has 1 amide bonds. The first-order chi connectivity index (χ1) is 13.8. The summed E-state index contributed by atoms with van der Waals surface area (Å²) in [4.78, 5) is 28.6. The first-order valence-electron chi connectivity index (χ1n) is 9.93. The second kappa shape index (κ2) is 7.39. The molecular weight excluding hydrogens is 366 g/mol. The zero-order valence-corrected chi connectivity index (χ0v) is 17.4. The summed E-state index contributed by atoms with van der Waals surface area (Å²) in [6, 6.07) is 6.20. The maximum absolute atomic E-state index is 12.2. The van der Waals surface area contributed by atoms with E-state index in [-0.39, 0.29) is 6.09 Å². The number of nitrogens with zero attached hydrogens (tertiary/aromatic N) is 4. The van der Waals surface area contributed by atoms with Crippen LogP contribution in [0.5, 0.6) is 0 Å². The lowest BCUT2D eigenvalue weighted by molar-refractivity contribution is 0.0240. The number of piperazine rings is 1. The summed E-state index contributed by atoms with van der Waals surface area (Å²) in [6.45, 7) is 10.4. The van der Waals surface area contributed by atoms with Crippen LogP contribution in [0, 0.1) is 6.92 Å². The normalized spacial score (nSPS) is 15.0. The molecule has 3 aromatic rings. The van der Waals surface area contributed by atoms with Gasteiger partial charge in [0.05, 0.1) is 11.0 Å². The van der Waals surface area contributed by atoms with Crippen molar-refractivity contribution >= 4 is 22.9 Å². The van der Waals surface area contributed by atoms with Crippen molar-refractivity contribution in [3.63, 3.8) is 0 Å². The predicted octanol–water partition coefficient (Wildman–Crippen LogP) is 3.99. The van der Waals surface area contributed by atoms with E-state index >= 15 is 0 Å². The third-order valence-corrected chi connectivity index (χ3v) is 5.04. The second-order valence-electron chi connectivity index (χ2n) is 8.45. The number of nitrogens with one attached hydrogen (secondary N) is 1. The van der Waals surface area contributed by atoms with Gasteiger partial charge in [0.2, 0.25) is 0 Å². The summed E-state index contributed by atoms with van der Waals surface area (Å²) in [6.07, 6.45) is 5.50. The minimum absolute atomic E-state index is 0.247. The first kappa shape index (κ1) is 19.2. The van der Waals surface area contributed by atoms with Crippen molar-refractivity contribution in [2.45, 2.75) is 33.3 Å². The molecule has 1 aliphatic rings. The molecule has 0 bridgehead atoms. The number of ether oxygens (including phenoxy) is 1. The summed E-state index contributed by atoms with van der Waals surface area (Å²) in [5, 5.41) is 0. The van der Waals surface area contributed by atoms with Crippen molar-refractivity contribution in [3.05, 3.63) is 42.4 Å². The van der Waals surface area contributed by atoms with E-state index in [0.717, 1.165) is 46.6 Å². The Morgan fingerprint density at radius 2 is 1.79 bits per heavy atom. The molecule has 0 unspecified atom stereocenters. The van der Waals surface area contributed by atoms with Crippen LogP contribution in [-0.2, 0) is 4.74 Å². The van der Waals surface area contributed by atoms with Crippen LogP contribution < -0.4 is 4.90 Å². The van der Waals surface area contributed by atoms with Gasteiger partial charge in [-0.15, -0.1) is 0 Å². The summed E-state index contributed by atoms with van der Waals surface area (Å²) < 4.78 is 5.46. The van der Waals surface area contributed by atoms with Crippen molar-refractivity contribution < 1.29 is 9.53 Å². The number of aryl methyl sites for hydroxylation is 1. The standard InChI is InChI=1S/C22H27N5O2/c1-15-12-23-18-11-17(14-25-20(15)18)16-5-6-19(24-13-16)26-7-9-27(10-8-26)21(28)29-22(2,3)4/h5-6,11-14,23H,7-10H2,1-4H3. The third kappa shape index (κ3) is 4.18. The molecule has 0 saturated carbocycles. The van der Waals surface area contributed by atoms with Crippen LogP contribution in [0.4, 0.5) is 10.6 Å². The van der Waals surface area contributed by atoms with Crippen molar-refractivity contribution in [1.82, 2.24) is 19.9 Å². The molecule has 1 saturated heterocycles. The van der Waals surface area contributed by atoms with Crippen LogP contribution in [0.25, 0.3) is 22.2 Å². The van der Waals surface area contributed by atoms with Gasteiger partial charge >= 0.3 is 6.09 Å². The zero-order chi connectivity index (χ0) is 20.6. The average molecular weight is 393 g/mol. The van der Waals surface area contributed by atoms with E-state index in [1.54, 1.807) is 4.90 Å². The molecule has 29 heavy (non-hydrogen) atoms. The second-order valence-corrected chi connectivity index (χ2v) is 8.45. The van der Waals surface area contributed by atoms with Gasteiger partial charge in [0.25, 0.3) is 0 Å². The van der Waals surface area contributed by atoms with Crippen LogP contribution in [0.3, 0.4) is 0 Å². The zero-order valence-electron chi connectivity index (χ0n) is 17.4. The molecule has 0 radical (unpaired) electrons. The smallest absolute Gasteiger partial charge is 0.410 e. The predicted molar refractivity (Wildman–Crippen MR) is 114 cm³/mol. The fourth-order valence-electron chi connectivity index (χ4n) is 3.49. The number of aromatic nitrogens is 3. The van der Waals surface area contributed by atoms with Gasteiger partial charge < -0.3 is 19.5 Å². The highest BCUT2D eigenvalue weighted by Crippen LogP contribution is 2.25. The molecule has 4 rings (SSSR count). The lowest BCUT2D eigenvalue weighted by atomic mass is 10.1. The number of aromatic amines is 1. The molecule has 1 N–H and O–H groups in total. The number of hydrogen-bond donors (Lipinski definition) is 1. The molecule has 1 fully saturated rings. The highest BCUT2D eigenvalue weighted by Gasteiger charge is 2.26. The molecular formula is C22H27N5O2. The summed E-state index contributed by atoms with van der Waals surface area (Å²) >= 11 is 0. The topological polar surface area (TPSA) is 74.4 Å². The Kier molecular flexibility index (Phi) is 4.90. The van der Waals surface area contributed by atoms with Crippen molar-refractivity contribution in [1.29, 1.82) is 0 Å². The third-order valence-electron chi connectivity index (χ3n) is 5.04. The van der Waals surface area contributed by atoms with Crippen molar-refractivity contribution in [3.8, 4) is 11.1 Å². The molecule has 152 valence electrons. The Morgan fingerprint density at radius 1 is 1.07 bits per heavy atom. The maximum atomic E-state index is 12.2. The van der Waals surface area contributed by atoms with Gasteiger partial charge in [-0.1, -0.05) is 0 Å². The monoisotopic (exact) mass is 393 g/mol. The van der Waals surface area contributed by atoms with Gasteiger partial charge in [0.1, 0.15) is 11.4 Å². The Labute approximate surface area is 170 Å². The van der Waals surface area contributed by atoms with Crippen LogP contribution in [0.15, 0.2) is 36.8 Å². The molecule has 0 aliphatic carbocycles. The Balaban J connectivity index is 1.41. The quantitative estimate of drug-likeness (QED) is 0.713. The Hall–Kier alpha value is -3.09. The highest BCUT2D eigenvalue weighted by atomic mass is 16.6. The summed E-state index contributed by atoms with van der Waals surface area (Å²) in [5.41, 5.74) is 4.77. The van der Waals surface area contributed by atoms with Gasteiger partial charge in [-0.3, -0.25) is 4.98 Å². The maximum Gasteiger partial charge on any atom is 0.410 e. The molecule has 0 spiro atoms. The molecule has 0 aromatic carbocycles. The van der Waals surface area contributed by atoms with Gasteiger partial charge in [0, 0.05) is 55.9 Å². The van der Waals surface area contributed by atoms with Gasteiger partial charge in [-0.2, -0.15) is 0 Å². The summed E-state index contributed by atoms with van der Waals surface area (Å²) in [5.74, 6) is 0.919. The minimum Gasteiger partial charge on any atom is -0.444 e. The molecule has 4 heterocycles. The number of fused-ring (bicyclic) bond motifs is 1. The number of pyridine rings is 2. The Morgan fingerprint density at radius 3 is 2.45 bits per heavy atom. The Bertz CT molecular complexity index is 1010.